The lowest BCUT2D eigenvalue weighted by atomic mass is 9.81. The molecule has 2 heterocycles. The van der Waals surface area contributed by atoms with Gasteiger partial charge in [-0.1, -0.05) is 105 Å². The Hall–Kier alpha value is -5.60. The van der Waals surface area contributed by atoms with Gasteiger partial charge in [-0.15, -0.1) is 0 Å². The van der Waals surface area contributed by atoms with Gasteiger partial charge in [0.25, 0.3) is 0 Å². The van der Waals surface area contributed by atoms with E-state index in [1.807, 2.05) is 0 Å². The fourth-order valence-electron chi connectivity index (χ4n) is 8.77. The van der Waals surface area contributed by atoms with Crippen LogP contribution in [-0.2, 0) is 5.41 Å². The van der Waals surface area contributed by atoms with Crippen LogP contribution in [0.25, 0.3) is 93.6 Å². The second-order valence-corrected chi connectivity index (χ2v) is 13.3. The van der Waals surface area contributed by atoms with E-state index >= 15 is 0 Å². The van der Waals surface area contributed by atoms with E-state index in [2.05, 4.69) is 146 Å². The molecule has 11 rings (SSSR count). The largest absolute Gasteiger partial charge is 0.456 e. The normalized spacial score (nSPS) is 14.2. The predicted octanol–water partition coefficient (Wildman–Crippen LogP) is 11.8. The van der Waals surface area contributed by atoms with Gasteiger partial charge < -0.3 is 8.98 Å². The average molecular weight is 574 g/mol. The highest BCUT2D eigenvalue weighted by Crippen LogP contribution is 2.55. The molecule has 0 saturated carbocycles. The fraction of sp³-hybridized carbons (Fsp3) is 0.0698. The topological polar surface area (TPSA) is 18.1 Å². The van der Waals surface area contributed by atoms with Crippen molar-refractivity contribution >= 4 is 54.5 Å². The number of nitrogens with zero attached hydrogens (tertiary/aromatic N) is 1. The molecule has 0 atom stereocenters. The van der Waals surface area contributed by atoms with E-state index in [-0.39, 0.29) is 5.41 Å². The lowest BCUT2D eigenvalue weighted by Gasteiger charge is -2.21. The van der Waals surface area contributed by atoms with Crippen LogP contribution in [0.3, 0.4) is 0 Å². The quantitative estimate of drug-likeness (QED) is 0.191. The molecule has 0 unspecified atom stereocenters. The van der Waals surface area contributed by atoms with E-state index in [4.69, 9.17) is 4.42 Å². The SMILES string of the molecule is CC1(C)c2cc3c4ccccc4n(-c4ccc5c6c(cccc46)-c4ccccc4-5)c3cc2-c2ccc3c(oc4ccccc43)c21. The third-order valence-electron chi connectivity index (χ3n) is 10.7. The Morgan fingerprint density at radius 1 is 0.489 bits per heavy atom. The van der Waals surface area contributed by atoms with Gasteiger partial charge in [-0.2, -0.15) is 0 Å². The third-order valence-corrected chi connectivity index (χ3v) is 10.7. The van der Waals surface area contributed by atoms with Crippen molar-refractivity contribution in [3.63, 3.8) is 0 Å². The first-order valence-corrected chi connectivity index (χ1v) is 15.8. The molecular weight excluding hydrogens is 546 g/mol. The maximum absolute atomic E-state index is 6.60. The van der Waals surface area contributed by atoms with E-state index in [0.29, 0.717) is 0 Å². The molecular formula is C43H27NO. The van der Waals surface area contributed by atoms with Gasteiger partial charge in [0, 0.05) is 37.9 Å². The van der Waals surface area contributed by atoms with Gasteiger partial charge in [-0.25, -0.2) is 0 Å². The molecule has 0 amide bonds. The first kappa shape index (κ1) is 23.8. The summed E-state index contributed by atoms with van der Waals surface area (Å²) in [6.45, 7) is 4.71. The second-order valence-electron chi connectivity index (χ2n) is 13.3. The first-order valence-electron chi connectivity index (χ1n) is 15.8. The second kappa shape index (κ2) is 7.91. The minimum Gasteiger partial charge on any atom is -0.456 e. The fourth-order valence-corrected chi connectivity index (χ4v) is 8.77. The summed E-state index contributed by atoms with van der Waals surface area (Å²) in [5, 5.41) is 7.58. The Bertz CT molecular complexity index is 2760. The Kier molecular flexibility index (Phi) is 4.19. The van der Waals surface area contributed by atoms with E-state index < -0.39 is 0 Å². The highest BCUT2D eigenvalue weighted by Gasteiger charge is 2.39. The maximum atomic E-state index is 6.60. The van der Waals surface area contributed by atoms with Gasteiger partial charge in [-0.3, -0.25) is 0 Å². The zero-order chi connectivity index (χ0) is 29.6. The highest BCUT2D eigenvalue weighted by atomic mass is 16.3. The summed E-state index contributed by atoms with van der Waals surface area (Å²) in [4.78, 5) is 0. The summed E-state index contributed by atoms with van der Waals surface area (Å²) in [5.41, 5.74) is 16.0. The van der Waals surface area contributed by atoms with E-state index in [1.54, 1.807) is 0 Å². The molecule has 2 nitrogen and oxygen atoms in total. The van der Waals surface area contributed by atoms with Gasteiger partial charge in [0.1, 0.15) is 11.2 Å². The highest BCUT2D eigenvalue weighted by molar-refractivity contribution is 6.19. The minimum absolute atomic E-state index is 0.205. The molecule has 0 aliphatic heterocycles. The Morgan fingerprint density at radius 3 is 2.04 bits per heavy atom. The van der Waals surface area contributed by atoms with Crippen LogP contribution < -0.4 is 0 Å². The van der Waals surface area contributed by atoms with Gasteiger partial charge in [0.2, 0.25) is 0 Å². The van der Waals surface area contributed by atoms with Crippen molar-refractivity contribution in [3.8, 4) is 39.1 Å². The molecule has 0 bridgehead atoms. The zero-order valence-electron chi connectivity index (χ0n) is 25.0. The number of aromatic nitrogens is 1. The van der Waals surface area contributed by atoms with Crippen LogP contribution in [0.1, 0.15) is 25.0 Å². The van der Waals surface area contributed by atoms with Crippen molar-refractivity contribution < 1.29 is 4.42 Å². The van der Waals surface area contributed by atoms with Crippen LogP contribution in [0, 0.1) is 0 Å². The molecule has 0 radical (unpaired) electrons. The van der Waals surface area contributed by atoms with Crippen molar-refractivity contribution in [1.29, 1.82) is 0 Å². The molecule has 2 heteroatoms. The van der Waals surface area contributed by atoms with Crippen LogP contribution in [-0.4, -0.2) is 4.57 Å². The van der Waals surface area contributed by atoms with Crippen molar-refractivity contribution in [2.75, 3.05) is 0 Å². The summed E-state index contributed by atoms with van der Waals surface area (Å²) in [7, 11) is 0. The van der Waals surface area contributed by atoms with Crippen molar-refractivity contribution in [1.82, 2.24) is 4.57 Å². The molecule has 7 aromatic carbocycles. The minimum atomic E-state index is -0.205. The lowest BCUT2D eigenvalue weighted by molar-refractivity contribution is 0.620. The summed E-state index contributed by atoms with van der Waals surface area (Å²) >= 11 is 0. The first-order chi connectivity index (χ1) is 22.1. The molecule has 9 aromatic rings. The van der Waals surface area contributed by atoms with E-state index in [9.17, 15) is 0 Å². The number of furan rings is 1. The molecule has 0 fully saturated rings. The monoisotopic (exact) mass is 573 g/mol. The predicted molar refractivity (Wildman–Crippen MR) is 188 cm³/mol. The molecule has 45 heavy (non-hydrogen) atoms. The summed E-state index contributed by atoms with van der Waals surface area (Å²) < 4.78 is 9.10. The third kappa shape index (κ3) is 2.78. The molecule has 2 aliphatic rings. The molecule has 0 N–H and O–H groups in total. The van der Waals surface area contributed by atoms with Gasteiger partial charge in [0.05, 0.1) is 16.7 Å². The summed E-state index contributed by atoms with van der Waals surface area (Å²) in [6.07, 6.45) is 0. The van der Waals surface area contributed by atoms with Gasteiger partial charge in [-0.05, 0) is 80.7 Å². The van der Waals surface area contributed by atoms with Gasteiger partial charge in [0.15, 0.2) is 0 Å². The molecule has 0 spiro atoms. The summed E-state index contributed by atoms with van der Waals surface area (Å²) in [6, 6.07) is 47.0. The van der Waals surface area contributed by atoms with E-state index in [0.717, 1.165) is 11.2 Å². The van der Waals surface area contributed by atoms with Crippen LogP contribution in [0.4, 0.5) is 0 Å². The van der Waals surface area contributed by atoms with Crippen molar-refractivity contribution in [3.05, 3.63) is 139 Å². The van der Waals surface area contributed by atoms with Crippen molar-refractivity contribution in [2.24, 2.45) is 0 Å². The number of para-hydroxylation sites is 2. The number of hydrogen-bond acceptors (Lipinski definition) is 1. The molecule has 2 aromatic heterocycles. The number of benzene rings is 7. The van der Waals surface area contributed by atoms with Gasteiger partial charge >= 0.3 is 0 Å². The van der Waals surface area contributed by atoms with Crippen LogP contribution in [0.2, 0.25) is 0 Å². The number of rotatable bonds is 1. The number of fused-ring (bicyclic) bond motifs is 13. The van der Waals surface area contributed by atoms with Crippen LogP contribution in [0.15, 0.2) is 132 Å². The molecule has 0 saturated heterocycles. The average Bonchev–Trinajstić information content (AvgIpc) is 3.77. The van der Waals surface area contributed by atoms with Crippen LogP contribution in [0.5, 0.6) is 0 Å². The Morgan fingerprint density at radius 2 is 1.18 bits per heavy atom. The zero-order valence-corrected chi connectivity index (χ0v) is 25.0. The van der Waals surface area contributed by atoms with Crippen molar-refractivity contribution in [2.45, 2.75) is 19.3 Å². The smallest absolute Gasteiger partial charge is 0.140 e. The lowest BCUT2D eigenvalue weighted by Crippen LogP contribution is -2.15. The number of hydrogen-bond donors (Lipinski definition) is 0. The Labute approximate surface area is 259 Å². The Balaban J connectivity index is 1.24. The molecule has 2 aliphatic carbocycles. The van der Waals surface area contributed by atoms with E-state index in [1.165, 1.54) is 93.5 Å². The summed E-state index contributed by atoms with van der Waals surface area (Å²) in [5.74, 6) is 0. The van der Waals surface area contributed by atoms with Crippen LogP contribution >= 0.6 is 0 Å². The molecule has 210 valence electrons. The standard InChI is InChI=1S/C43H27NO/c1-43(2)35-22-34-26-12-5-7-16-36(26)44(37-21-20-29-25-11-4-3-10-24(25)28-14-9-15-32(37)40(28)29)38(34)23-33(35)30-18-19-31-27-13-6-8-17-39(27)45-42(31)41(30)43/h3-23H,1-2H3. The maximum Gasteiger partial charge on any atom is 0.140 e.